The van der Waals surface area contributed by atoms with E-state index in [2.05, 4.69) is 14.7 Å². The lowest BCUT2D eigenvalue weighted by Crippen LogP contribution is -2.12. The Morgan fingerprint density at radius 1 is 1.50 bits per heavy atom. The van der Waals surface area contributed by atoms with Crippen LogP contribution >= 0.6 is 11.5 Å². The second-order valence-corrected chi connectivity index (χ2v) is 5.05. The van der Waals surface area contributed by atoms with Crippen LogP contribution in [0.2, 0.25) is 0 Å². The number of hydrogen-bond donors (Lipinski definition) is 2. The summed E-state index contributed by atoms with van der Waals surface area (Å²) in [5.74, 6) is 0.706. The molecule has 0 fully saturated rings. The lowest BCUT2D eigenvalue weighted by atomic mass is 10.2. The molecular formula is C12H16N4OS. The summed E-state index contributed by atoms with van der Waals surface area (Å²) in [7, 11) is 3.83. The summed E-state index contributed by atoms with van der Waals surface area (Å²) in [6.07, 6.45) is 1.14. The molecule has 0 saturated heterocycles. The molecule has 0 spiro atoms. The molecule has 0 aliphatic rings. The number of rotatable bonds is 4. The van der Waals surface area contributed by atoms with Gasteiger partial charge in [-0.2, -0.15) is 4.37 Å². The first kappa shape index (κ1) is 12.8. The van der Waals surface area contributed by atoms with E-state index < -0.39 is 6.23 Å². The zero-order valence-corrected chi connectivity index (χ0v) is 11.4. The van der Waals surface area contributed by atoms with Crippen molar-refractivity contribution in [2.45, 2.75) is 13.2 Å². The summed E-state index contributed by atoms with van der Waals surface area (Å²) in [6.45, 7) is 1.68. The quantitative estimate of drug-likeness (QED) is 0.505. The van der Waals surface area contributed by atoms with E-state index in [0.29, 0.717) is 5.82 Å². The summed E-state index contributed by atoms with van der Waals surface area (Å²) in [6, 6.07) is 5.85. The van der Waals surface area contributed by atoms with Crippen LogP contribution < -0.4 is 5.32 Å². The molecule has 1 unspecified atom stereocenters. The fraction of sp³-hybridized carbons (Fsp3) is 0.333. The molecule has 1 aromatic heterocycles. The standard InChI is InChI=1S/C12H16N4OS/c1-8(17)14-9-4-5-11-10(6-9)12(15-18-11)13-7-16(2)3/h4-8,14,17H,1-3H3. The number of nitrogens with one attached hydrogen (secondary N) is 1. The van der Waals surface area contributed by atoms with Crippen molar-refractivity contribution < 1.29 is 5.11 Å². The fourth-order valence-corrected chi connectivity index (χ4v) is 2.23. The molecule has 0 aliphatic carbocycles. The van der Waals surface area contributed by atoms with Crippen molar-refractivity contribution >= 4 is 39.5 Å². The number of nitrogens with zero attached hydrogens (tertiary/aromatic N) is 3. The monoisotopic (exact) mass is 264 g/mol. The van der Waals surface area contributed by atoms with Crippen LogP contribution in [0.1, 0.15) is 6.92 Å². The Morgan fingerprint density at radius 3 is 2.94 bits per heavy atom. The van der Waals surface area contributed by atoms with Crippen LogP contribution in [0.3, 0.4) is 0 Å². The minimum atomic E-state index is -0.581. The summed E-state index contributed by atoms with van der Waals surface area (Å²) < 4.78 is 5.39. The van der Waals surface area contributed by atoms with E-state index in [0.717, 1.165) is 15.8 Å². The van der Waals surface area contributed by atoms with Gasteiger partial charge in [-0.25, -0.2) is 4.99 Å². The summed E-state index contributed by atoms with van der Waals surface area (Å²) in [5.41, 5.74) is 0.860. The molecule has 0 aliphatic heterocycles. The molecule has 0 radical (unpaired) electrons. The van der Waals surface area contributed by atoms with Crippen molar-refractivity contribution in [2.24, 2.45) is 4.99 Å². The third kappa shape index (κ3) is 2.96. The second kappa shape index (κ2) is 5.32. The highest BCUT2D eigenvalue weighted by Gasteiger charge is 2.06. The number of aliphatic hydroxyl groups is 1. The van der Waals surface area contributed by atoms with Crippen molar-refractivity contribution in [2.75, 3.05) is 19.4 Å². The van der Waals surface area contributed by atoms with Gasteiger partial charge in [-0.1, -0.05) is 0 Å². The lowest BCUT2D eigenvalue weighted by Gasteiger charge is -2.08. The predicted octanol–water partition coefficient (Wildman–Crippen LogP) is 2.27. The van der Waals surface area contributed by atoms with Gasteiger partial charge in [-0.15, -0.1) is 0 Å². The summed E-state index contributed by atoms with van der Waals surface area (Å²) in [4.78, 5) is 6.19. The summed E-state index contributed by atoms with van der Waals surface area (Å²) >= 11 is 1.42. The largest absolute Gasteiger partial charge is 0.374 e. The van der Waals surface area contributed by atoms with Crippen LogP contribution in [0.25, 0.3) is 10.1 Å². The van der Waals surface area contributed by atoms with Gasteiger partial charge < -0.3 is 15.3 Å². The smallest absolute Gasteiger partial charge is 0.174 e. The van der Waals surface area contributed by atoms with E-state index in [4.69, 9.17) is 0 Å². The highest BCUT2D eigenvalue weighted by atomic mass is 32.1. The van der Waals surface area contributed by atoms with Gasteiger partial charge in [0.05, 0.1) is 11.0 Å². The Hall–Kier alpha value is -1.66. The fourth-order valence-electron chi connectivity index (χ4n) is 1.52. The molecule has 1 heterocycles. The van der Waals surface area contributed by atoms with E-state index in [1.54, 1.807) is 13.3 Å². The number of aromatic nitrogens is 1. The highest BCUT2D eigenvalue weighted by molar-refractivity contribution is 7.13. The average molecular weight is 264 g/mol. The summed E-state index contributed by atoms with van der Waals surface area (Å²) in [5, 5.41) is 13.3. The van der Waals surface area contributed by atoms with Crippen LogP contribution in [0, 0.1) is 0 Å². The lowest BCUT2D eigenvalue weighted by molar-refractivity contribution is 0.224. The van der Waals surface area contributed by atoms with Crippen LogP contribution in [-0.4, -0.2) is 41.0 Å². The first-order valence-electron chi connectivity index (χ1n) is 5.61. The maximum Gasteiger partial charge on any atom is 0.174 e. The first-order chi connectivity index (χ1) is 8.56. The molecule has 1 atom stereocenters. The predicted molar refractivity (Wildman–Crippen MR) is 76.8 cm³/mol. The SMILES string of the molecule is CC(O)Nc1ccc2snc(N=CN(C)C)c2c1. The molecule has 96 valence electrons. The number of fused-ring (bicyclic) bond motifs is 1. The first-order valence-corrected chi connectivity index (χ1v) is 6.38. The Labute approximate surface area is 110 Å². The van der Waals surface area contributed by atoms with Crippen molar-refractivity contribution in [3.8, 4) is 0 Å². The maximum absolute atomic E-state index is 9.31. The van der Waals surface area contributed by atoms with Gasteiger partial charge in [-0.3, -0.25) is 0 Å². The molecule has 0 amide bonds. The molecule has 2 N–H and O–H groups in total. The Bertz CT molecular complexity index is 562. The van der Waals surface area contributed by atoms with E-state index in [-0.39, 0.29) is 0 Å². The third-order valence-electron chi connectivity index (χ3n) is 2.24. The topological polar surface area (TPSA) is 60.8 Å². The van der Waals surface area contributed by atoms with E-state index >= 15 is 0 Å². The van der Waals surface area contributed by atoms with Gasteiger partial charge in [0.1, 0.15) is 6.23 Å². The molecule has 0 bridgehead atoms. The molecular weight excluding hydrogens is 248 g/mol. The molecule has 6 heteroatoms. The number of hydrogen-bond acceptors (Lipinski definition) is 5. The Balaban J connectivity index is 2.37. The molecule has 5 nitrogen and oxygen atoms in total. The third-order valence-corrected chi connectivity index (χ3v) is 3.05. The van der Waals surface area contributed by atoms with Crippen molar-refractivity contribution in [3.05, 3.63) is 18.2 Å². The Kier molecular flexibility index (Phi) is 3.78. The van der Waals surface area contributed by atoms with Crippen LogP contribution in [0.4, 0.5) is 11.5 Å². The van der Waals surface area contributed by atoms with Crippen molar-refractivity contribution in [1.82, 2.24) is 9.27 Å². The van der Waals surface area contributed by atoms with Crippen molar-refractivity contribution in [1.29, 1.82) is 0 Å². The Morgan fingerprint density at radius 2 is 2.28 bits per heavy atom. The minimum absolute atomic E-state index is 0.581. The molecule has 0 saturated carbocycles. The maximum atomic E-state index is 9.31. The van der Waals surface area contributed by atoms with Gasteiger partial charge in [-0.05, 0) is 36.7 Å². The van der Waals surface area contributed by atoms with E-state index in [1.807, 2.05) is 37.2 Å². The number of anilines is 1. The van der Waals surface area contributed by atoms with Gasteiger partial charge in [0, 0.05) is 25.2 Å². The number of benzene rings is 1. The van der Waals surface area contributed by atoms with Crippen LogP contribution in [0.5, 0.6) is 0 Å². The normalized spacial score (nSPS) is 13.1. The van der Waals surface area contributed by atoms with Crippen LogP contribution in [-0.2, 0) is 0 Å². The van der Waals surface area contributed by atoms with E-state index in [9.17, 15) is 5.11 Å². The van der Waals surface area contributed by atoms with Crippen molar-refractivity contribution in [3.63, 3.8) is 0 Å². The van der Waals surface area contributed by atoms with E-state index in [1.165, 1.54) is 11.5 Å². The average Bonchev–Trinajstić information content (AvgIpc) is 2.68. The van der Waals surface area contributed by atoms with Crippen LogP contribution in [0.15, 0.2) is 23.2 Å². The zero-order valence-electron chi connectivity index (χ0n) is 10.6. The molecule has 2 rings (SSSR count). The van der Waals surface area contributed by atoms with Gasteiger partial charge in [0.15, 0.2) is 5.82 Å². The van der Waals surface area contributed by atoms with Gasteiger partial charge in [0.25, 0.3) is 0 Å². The van der Waals surface area contributed by atoms with Gasteiger partial charge in [0.2, 0.25) is 0 Å². The second-order valence-electron chi connectivity index (χ2n) is 4.25. The minimum Gasteiger partial charge on any atom is -0.374 e. The zero-order chi connectivity index (χ0) is 13.1. The molecule has 2 aromatic rings. The number of aliphatic imine (C=N–C) groups is 1. The molecule has 1 aromatic carbocycles. The van der Waals surface area contributed by atoms with Gasteiger partial charge >= 0.3 is 0 Å². The number of aliphatic hydroxyl groups excluding tert-OH is 1. The highest BCUT2D eigenvalue weighted by Crippen LogP contribution is 2.31. The molecule has 18 heavy (non-hydrogen) atoms.